The van der Waals surface area contributed by atoms with E-state index in [4.69, 9.17) is 12.2 Å². The number of halogens is 3. The largest absolute Gasteiger partial charge is 0.573 e. The minimum Gasteiger partial charge on any atom is -0.406 e. The van der Waals surface area contributed by atoms with Crippen LogP contribution in [0.3, 0.4) is 0 Å². The summed E-state index contributed by atoms with van der Waals surface area (Å²) >= 11 is 6.89. The highest BCUT2D eigenvalue weighted by Gasteiger charge is 2.32. The number of carbonyl (C=O) groups excluding carboxylic acids is 1. The number of nitrogens with one attached hydrogen (secondary N) is 1. The van der Waals surface area contributed by atoms with E-state index in [2.05, 4.69) is 51.1 Å². The molecular formula is C32H31F3N6O2S2. The molecule has 0 atom stereocenters. The van der Waals surface area contributed by atoms with E-state index in [1.54, 1.807) is 4.90 Å². The van der Waals surface area contributed by atoms with E-state index in [0.29, 0.717) is 34.1 Å². The summed E-state index contributed by atoms with van der Waals surface area (Å²) in [6, 6.07) is 19.4. The van der Waals surface area contributed by atoms with E-state index in [9.17, 15) is 18.0 Å². The molecule has 13 heteroatoms. The summed E-state index contributed by atoms with van der Waals surface area (Å²) in [6.07, 6.45) is -1.69. The van der Waals surface area contributed by atoms with Crippen molar-refractivity contribution in [3.8, 4) is 22.8 Å². The van der Waals surface area contributed by atoms with E-state index < -0.39 is 6.36 Å². The summed E-state index contributed by atoms with van der Waals surface area (Å²) in [4.78, 5) is 23.5. The van der Waals surface area contributed by atoms with Crippen molar-refractivity contribution in [3.63, 3.8) is 0 Å². The maximum Gasteiger partial charge on any atom is 0.573 e. The second kappa shape index (κ2) is 13.8. The van der Waals surface area contributed by atoms with Crippen LogP contribution in [0.25, 0.3) is 17.1 Å². The van der Waals surface area contributed by atoms with Crippen molar-refractivity contribution in [2.24, 2.45) is 4.99 Å². The number of aliphatic imine (C=N–C) groups is 1. The number of nitrogens with zero attached hydrogens (tertiary/aromatic N) is 5. The lowest BCUT2D eigenvalue weighted by Gasteiger charge is -2.22. The standard InChI is InChI=1S/C32H31F3N6O2S2/c1-20(2)26-14-9-21(3)16-27(26)41-28(42)18-45-31(41)38-30(44)36-15-5-7-22-6-4-8-23(17-22)29-37-19-40(39-29)24-10-12-25(13-11-24)43-32(33,34)35/h4,6,8-14,16-17,19-20H,5,7,15,18H2,1-3H3,(H,36,44)/b38-31-. The van der Waals surface area contributed by atoms with E-state index in [1.165, 1.54) is 47.0 Å². The van der Waals surface area contributed by atoms with Crippen LogP contribution in [0.15, 0.2) is 78.0 Å². The molecule has 1 saturated heterocycles. The number of hydrogen-bond donors (Lipinski definition) is 1. The maximum absolute atomic E-state index is 12.8. The van der Waals surface area contributed by atoms with Gasteiger partial charge in [0.1, 0.15) is 12.1 Å². The lowest BCUT2D eigenvalue weighted by Crippen LogP contribution is -2.32. The topological polar surface area (TPSA) is 84.6 Å². The normalized spacial score (nSPS) is 14.4. The predicted molar refractivity (Wildman–Crippen MR) is 175 cm³/mol. The molecule has 1 N–H and O–H groups in total. The summed E-state index contributed by atoms with van der Waals surface area (Å²) in [5, 5.41) is 8.59. The van der Waals surface area contributed by atoms with Crippen LogP contribution >= 0.6 is 24.0 Å². The number of amides is 1. The van der Waals surface area contributed by atoms with E-state index in [1.807, 2.05) is 37.3 Å². The van der Waals surface area contributed by atoms with Gasteiger partial charge in [0, 0.05) is 12.1 Å². The highest BCUT2D eigenvalue weighted by Crippen LogP contribution is 2.34. The highest BCUT2D eigenvalue weighted by molar-refractivity contribution is 8.15. The second-order valence-corrected chi connectivity index (χ2v) is 12.0. The average molecular weight is 653 g/mol. The first-order valence-corrected chi connectivity index (χ1v) is 15.7. The molecule has 45 heavy (non-hydrogen) atoms. The first-order valence-electron chi connectivity index (χ1n) is 14.3. The summed E-state index contributed by atoms with van der Waals surface area (Å²) in [5.74, 6) is 0.739. The fourth-order valence-corrected chi connectivity index (χ4v) is 5.93. The molecule has 1 fully saturated rings. The van der Waals surface area contributed by atoms with Crippen LogP contribution in [0.1, 0.15) is 42.9 Å². The van der Waals surface area contributed by atoms with Gasteiger partial charge in [-0.15, -0.1) is 18.3 Å². The lowest BCUT2D eigenvalue weighted by molar-refractivity contribution is -0.274. The fraction of sp³-hybridized carbons (Fsp3) is 0.281. The molecule has 2 heterocycles. The number of ether oxygens (including phenoxy) is 1. The molecule has 0 spiro atoms. The van der Waals surface area contributed by atoms with Crippen molar-refractivity contribution in [2.75, 3.05) is 17.2 Å². The number of carbonyl (C=O) groups is 1. The second-order valence-electron chi connectivity index (χ2n) is 10.7. The van der Waals surface area contributed by atoms with Gasteiger partial charge in [0.2, 0.25) is 5.91 Å². The zero-order valence-electron chi connectivity index (χ0n) is 24.8. The number of hydrogen-bond acceptors (Lipinski definition) is 6. The Morgan fingerprint density at radius 1 is 1.13 bits per heavy atom. The average Bonchev–Trinajstić information content (AvgIpc) is 3.62. The third-order valence-electron chi connectivity index (χ3n) is 6.94. The van der Waals surface area contributed by atoms with Gasteiger partial charge in [-0.25, -0.2) is 9.67 Å². The third-order valence-corrected chi connectivity index (χ3v) is 8.10. The Labute approximate surface area is 268 Å². The first kappa shape index (κ1) is 32.2. The minimum atomic E-state index is -4.75. The van der Waals surface area contributed by atoms with Crippen LogP contribution in [-0.2, 0) is 11.2 Å². The van der Waals surface area contributed by atoms with E-state index in [-0.39, 0.29) is 17.6 Å². The smallest absolute Gasteiger partial charge is 0.406 e. The van der Waals surface area contributed by atoms with Gasteiger partial charge in [-0.2, -0.15) is 4.99 Å². The Morgan fingerprint density at radius 2 is 1.91 bits per heavy atom. The van der Waals surface area contributed by atoms with Crippen LogP contribution in [0.5, 0.6) is 5.75 Å². The molecule has 0 unspecified atom stereocenters. The molecule has 4 aromatic rings. The summed E-state index contributed by atoms with van der Waals surface area (Å²) in [7, 11) is 0. The number of rotatable bonds is 9. The summed E-state index contributed by atoms with van der Waals surface area (Å²) in [5.41, 5.74) is 5.46. The van der Waals surface area contributed by atoms with Gasteiger partial charge in [-0.3, -0.25) is 9.69 Å². The van der Waals surface area contributed by atoms with Crippen LogP contribution in [-0.4, -0.2) is 49.6 Å². The zero-order valence-corrected chi connectivity index (χ0v) is 26.5. The van der Waals surface area contributed by atoms with E-state index in [0.717, 1.165) is 40.8 Å². The molecule has 1 aliphatic heterocycles. The third kappa shape index (κ3) is 8.28. The van der Waals surface area contributed by atoms with Crippen molar-refractivity contribution in [1.29, 1.82) is 0 Å². The number of alkyl halides is 3. The molecule has 1 aliphatic rings. The van der Waals surface area contributed by atoms with Gasteiger partial charge in [0.25, 0.3) is 0 Å². The molecule has 0 radical (unpaired) electrons. The lowest BCUT2D eigenvalue weighted by atomic mass is 9.99. The van der Waals surface area contributed by atoms with Crippen molar-refractivity contribution < 1.29 is 22.7 Å². The van der Waals surface area contributed by atoms with E-state index >= 15 is 0 Å². The Balaban J connectivity index is 1.17. The van der Waals surface area contributed by atoms with Crippen LogP contribution in [0.2, 0.25) is 0 Å². The molecule has 5 rings (SSSR count). The maximum atomic E-state index is 12.8. The number of aromatic nitrogens is 3. The van der Waals surface area contributed by atoms with Gasteiger partial charge in [0.15, 0.2) is 16.1 Å². The molecule has 1 amide bonds. The molecule has 0 aliphatic carbocycles. The molecule has 1 aromatic heterocycles. The monoisotopic (exact) mass is 652 g/mol. The predicted octanol–water partition coefficient (Wildman–Crippen LogP) is 7.21. The van der Waals surface area contributed by atoms with Gasteiger partial charge >= 0.3 is 6.36 Å². The highest BCUT2D eigenvalue weighted by atomic mass is 32.2. The molecule has 0 bridgehead atoms. The fourth-order valence-electron chi connectivity index (χ4n) is 4.82. The van der Waals surface area contributed by atoms with Gasteiger partial charge in [-0.1, -0.05) is 55.9 Å². The van der Waals surface area contributed by atoms with Crippen molar-refractivity contribution in [1.82, 2.24) is 20.1 Å². The van der Waals surface area contributed by atoms with Crippen LogP contribution < -0.4 is 15.0 Å². The SMILES string of the molecule is Cc1ccc(C(C)C)c(N2C(=O)CS/C2=N\C(=S)NCCCc2cccc(-c3ncn(-c4ccc(OC(F)(F)F)cc4)n3)c2)c1. The molecule has 234 valence electrons. The number of thioether (sulfide) groups is 1. The number of benzene rings is 3. The Kier molecular flexibility index (Phi) is 9.88. The zero-order chi connectivity index (χ0) is 32.1. The van der Waals surface area contributed by atoms with Gasteiger partial charge in [0.05, 0.1) is 17.1 Å². The number of anilines is 1. The molecule has 0 saturated carbocycles. The quantitative estimate of drug-likeness (QED) is 0.151. The Morgan fingerprint density at radius 3 is 2.64 bits per heavy atom. The van der Waals surface area contributed by atoms with Gasteiger partial charge in [-0.05, 0) is 91.0 Å². The molecule has 8 nitrogen and oxygen atoms in total. The van der Waals surface area contributed by atoms with Crippen molar-refractivity contribution in [3.05, 3.63) is 89.7 Å². The summed E-state index contributed by atoms with van der Waals surface area (Å²) in [6.45, 7) is 6.81. The Bertz CT molecular complexity index is 1720. The summed E-state index contributed by atoms with van der Waals surface area (Å²) < 4.78 is 42.7. The first-order chi connectivity index (χ1) is 21.5. The van der Waals surface area contributed by atoms with Crippen molar-refractivity contribution >= 4 is 45.9 Å². The Hall–Kier alpha value is -4.23. The number of amidine groups is 1. The minimum absolute atomic E-state index is 0.0123. The van der Waals surface area contributed by atoms with Crippen LogP contribution in [0, 0.1) is 6.92 Å². The van der Waals surface area contributed by atoms with Gasteiger partial charge < -0.3 is 10.1 Å². The van der Waals surface area contributed by atoms with Crippen LogP contribution in [0.4, 0.5) is 18.9 Å². The number of thiocarbonyl (C=S) groups is 1. The molecular weight excluding hydrogens is 622 g/mol. The molecule has 3 aromatic carbocycles. The van der Waals surface area contributed by atoms with Crippen molar-refractivity contribution in [2.45, 2.75) is 45.9 Å². The number of aryl methyl sites for hydroxylation is 2.